The first-order valence-electron chi connectivity index (χ1n) is 3.90. The summed E-state index contributed by atoms with van der Waals surface area (Å²) in [6.07, 6.45) is 0.953. The molecule has 1 rings (SSSR count). The molecule has 0 unspecified atom stereocenters. The Labute approximate surface area is 90.0 Å². The van der Waals surface area contributed by atoms with Crippen LogP contribution in [-0.2, 0) is 16.0 Å². The van der Waals surface area contributed by atoms with Crippen LogP contribution in [0.1, 0.15) is 5.69 Å². The van der Waals surface area contributed by atoms with Crippen LogP contribution in [0.3, 0.4) is 0 Å². The number of pyridine rings is 1. The van der Waals surface area contributed by atoms with Crippen molar-refractivity contribution in [2.75, 3.05) is 7.11 Å². The fraction of sp³-hybridized carbons (Fsp3) is 0.250. The molecule has 6 nitrogen and oxygen atoms in total. The van der Waals surface area contributed by atoms with Gasteiger partial charge in [0.1, 0.15) is 11.2 Å². The molecule has 1 aromatic rings. The standard InChI is InChI=1S/C8H7ClN2O4/c1-15-8(12)3-5-2-6(9)7(4-10-5)11(13)14/h2,4H,3H2,1H3. The van der Waals surface area contributed by atoms with E-state index in [0.717, 1.165) is 6.20 Å². The van der Waals surface area contributed by atoms with Gasteiger partial charge in [0, 0.05) is 0 Å². The Morgan fingerprint density at radius 3 is 2.87 bits per heavy atom. The molecule has 0 spiro atoms. The van der Waals surface area contributed by atoms with E-state index in [1.807, 2.05) is 0 Å². The van der Waals surface area contributed by atoms with E-state index >= 15 is 0 Å². The van der Waals surface area contributed by atoms with Crippen LogP contribution < -0.4 is 0 Å². The maximum atomic E-state index is 10.9. The highest BCUT2D eigenvalue weighted by Crippen LogP contribution is 2.23. The van der Waals surface area contributed by atoms with Crippen molar-refractivity contribution in [1.82, 2.24) is 4.98 Å². The van der Waals surface area contributed by atoms with Gasteiger partial charge in [-0.1, -0.05) is 11.6 Å². The van der Waals surface area contributed by atoms with E-state index in [-0.39, 0.29) is 17.1 Å². The van der Waals surface area contributed by atoms with Gasteiger partial charge in [0.2, 0.25) is 0 Å². The molecule has 0 aliphatic rings. The third-order valence-corrected chi connectivity index (χ3v) is 1.94. The Balaban J connectivity index is 2.91. The monoisotopic (exact) mass is 230 g/mol. The van der Waals surface area contributed by atoms with E-state index in [2.05, 4.69) is 9.72 Å². The Hall–Kier alpha value is -1.69. The Bertz CT molecular complexity index is 408. The molecule has 0 N–H and O–H groups in total. The normalized spacial score (nSPS) is 9.73. The highest BCUT2D eigenvalue weighted by Gasteiger charge is 2.14. The molecule has 80 valence electrons. The summed E-state index contributed by atoms with van der Waals surface area (Å²) in [6.45, 7) is 0. The van der Waals surface area contributed by atoms with E-state index in [1.165, 1.54) is 13.2 Å². The third-order valence-electron chi connectivity index (χ3n) is 1.64. The highest BCUT2D eigenvalue weighted by molar-refractivity contribution is 6.32. The number of carbonyl (C=O) groups excluding carboxylic acids is 1. The number of esters is 1. The Morgan fingerprint density at radius 1 is 1.73 bits per heavy atom. The number of ether oxygens (including phenoxy) is 1. The van der Waals surface area contributed by atoms with Gasteiger partial charge < -0.3 is 4.74 Å². The predicted molar refractivity (Wildman–Crippen MR) is 51.6 cm³/mol. The van der Waals surface area contributed by atoms with Crippen LogP contribution in [0.5, 0.6) is 0 Å². The molecule has 0 aromatic carbocycles. The zero-order valence-electron chi connectivity index (χ0n) is 7.77. The summed E-state index contributed by atoms with van der Waals surface area (Å²) in [4.78, 5) is 24.4. The maximum absolute atomic E-state index is 10.9. The average molecular weight is 231 g/mol. The maximum Gasteiger partial charge on any atom is 0.311 e. The molecule has 0 aliphatic carbocycles. The number of aromatic nitrogens is 1. The number of nitrogens with zero attached hydrogens (tertiary/aromatic N) is 2. The molecule has 0 saturated heterocycles. The molecular weight excluding hydrogens is 224 g/mol. The highest BCUT2D eigenvalue weighted by atomic mass is 35.5. The summed E-state index contributed by atoms with van der Waals surface area (Å²) in [7, 11) is 1.25. The van der Waals surface area contributed by atoms with Crippen molar-refractivity contribution in [3.05, 3.63) is 33.1 Å². The summed E-state index contributed by atoms with van der Waals surface area (Å²) in [5.41, 5.74) is 0.0442. The quantitative estimate of drug-likeness (QED) is 0.445. The van der Waals surface area contributed by atoms with Crippen molar-refractivity contribution < 1.29 is 14.5 Å². The van der Waals surface area contributed by atoms with Crippen molar-refractivity contribution in [2.45, 2.75) is 6.42 Å². The van der Waals surface area contributed by atoms with Gasteiger partial charge in [0.05, 0.1) is 24.1 Å². The molecule has 0 amide bonds. The van der Waals surface area contributed by atoms with Crippen LogP contribution in [0.15, 0.2) is 12.3 Å². The molecule has 0 radical (unpaired) electrons. The van der Waals surface area contributed by atoms with Gasteiger partial charge in [-0.2, -0.15) is 0 Å². The van der Waals surface area contributed by atoms with Crippen molar-refractivity contribution in [1.29, 1.82) is 0 Å². The Kier molecular flexibility index (Phi) is 3.56. The summed E-state index contributed by atoms with van der Waals surface area (Å²) in [5, 5.41) is 10.4. The van der Waals surface area contributed by atoms with Gasteiger partial charge in [0.15, 0.2) is 0 Å². The summed E-state index contributed by atoms with van der Waals surface area (Å²) in [6, 6.07) is 1.27. The number of hydrogen-bond acceptors (Lipinski definition) is 5. The van der Waals surface area contributed by atoms with E-state index in [4.69, 9.17) is 11.6 Å². The minimum Gasteiger partial charge on any atom is -0.469 e. The molecule has 15 heavy (non-hydrogen) atoms. The molecule has 1 heterocycles. The van der Waals surface area contributed by atoms with Gasteiger partial charge in [-0.05, 0) is 6.07 Å². The van der Waals surface area contributed by atoms with E-state index < -0.39 is 10.9 Å². The molecule has 0 aliphatic heterocycles. The predicted octanol–water partition coefficient (Wildman–Crippen LogP) is 1.36. The van der Waals surface area contributed by atoms with Gasteiger partial charge in [0.25, 0.3) is 0 Å². The summed E-state index contributed by atoms with van der Waals surface area (Å²) >= 11 is 5.62. The molecule has 0 bridgehead atoms. The average Bonchev–Trinajstić information content (AvgIpc) is 2.17. The Morgan fingerprint density at radius 2 is 2.40 bits per heavy atom. The van der Waals surface area contributed by atoms with Crippen LogP contribution in [0.4, 0.5) is 5.69 Å². The van der Waals surface area contributed by atoms with E-state index in [0.29, 0.717) is 5.69 Å². The largest absolute Gasteiger partial charge is 0.469 e. The fourth-order valence-corrected chi connectivity index (χ4v) is 1.16. The third kappa shape index (κ3) is 2.88. The SMILES string of the molecule is COC(=O)Cc1cc(Cl)c([N+](=O)[O-])cn1. The first-order valence-corrected chi connectivity index (χ1v) is 4.28. The number of hydrogen-bond donors (Lipinski definition) is 0. The van der Waals surface area contributed by atoms with Gasteiger partial charge in [-0.15, -0.1) is 0 Å². The first kappa shape index (κ1) is 11.4. The minimum absolute atomic E-state index is 0.0473. The lowest BCUT2D eigenvalue weighted by Gasteiger charge is -2.00. The molecule has 0 atom stereocenters. The summed E-state index contributed by atoms with van der Waals surface area (Å²) < 4.78 is 4.42. The number of methoxy groups -OCH3 is 1. The van der Waals surface area contributed by atoms with Crippen LogP contribution >= 0.6 is 11.6 Å². The molecule has 1 aromatic heterocycles. The molecule has 7 heteroatoms. The first-order chi connectivity index (χ1) is 7.04. The van der Waals surface area contributed by atoms with Crippen LogP contribution in [-0.4, -0.2) is 23.0 Å². The molecular formula is C8H7ClN2O4. The number of halogens is 1. The van der Waals surface area contributed by atoms with Crippen molar-refractivity contribution in [3.8, 4) is 0 Å². The summed E-state index contributed by atoms with van der Waals surface area (Å²) in [5.74, 6) is -0.479. The fourth-order valence-electron chi connectivity index (χ4n) is 0.914. The van der Waals surface area contributed by atoms with Crippen LogP contribution in [0, 0.1) is 10.1 Å². The number of nitro groups is 1. The van der Waals surface area contributed by atoms with E-state index in [9.17, 15) is 14.9 Å². The lowest BCUT2D eigenvalue weighted by atomic mass is 10.2. The molecule has 0 saturated carbocycles. The zero-order valence-corrected chi connectivity index (χ0v) is 8.52. The molecule has 0 fully saturated rings. The van der Waals surface area contributed by atoms with Crippen molar-refractivity contribution in [3.63, 3.8) is 0 Å². The lowest BCUT2D eigenvalue weighted by molar-refractivity contribution is -0.385. The van der Waals surface area contributed by atoms with E-state index in [1.54, 1.807) is 0 Å². The lowest BCUT2D eigenvalue weighted by Crippen LogP contribution is -2.06. The second-order valence-corrected chi connectivity index (χ2v) is 3.04. The van der Waals surface area contributed by atoms with Gasteiger partial charge in [-0.3, -0.25) is 19.9 Å². The smallest absolute Gasteiger partial charge is 0.311 e. The van der Waals surface area contributed by atoms with Crippen molar-refractivity contribution in [2.24, 2.45) is 0 Å². The number of rotatable bonds is 3. The zero-order chi connectivity index (χ0) is 11.4. The van der Waals surface area contributed by atoms with Crippen LogP contribution in [0.25, 0.3) is 0 Å². The second-order valence-electron chi connectivity index (χ2n) is 2.64. The van der Waals surface area contributed by atoms with Crippen LogP contribution in [0.2, 0.25) is 5.02 Å². The van der Waals surface area contributed by atoms with Crippen molar-refractivity contribution >= 4 is 23.3 Å². The second kappa shape index (κ2) is 4.70. The number of carbonyl (C=O) groups is 1. The van der Waals surface area contributed by atoms with Gasteiger partial charge in [-0.25, -0.2) is 0 Å². The van der Waals surface area contributed by atoms with Gasteiger partial charge >= 0.3 is 11.7 Å². The minimum atomic E-state index is -0.642. The topological polar surface area (TPSA) is 82.3 Å².